The Labute approximate surface area is 153 Å². The molecule has 0 saturated heterocycles. The van der Waals surface area contributed by atoms with E-state index in [1.807, 2.05) is 24.3 Å². The minimum Gasteiger partial charge on any atom is -0.489 e. The van der Waals surface area contributed by atoms with Crippen molar-refractivity contribution in [2.24, 2.45) is 0 Å². The fourth-order valence-corrected chi connectivity index (χ4v) is 2.32. The van der Waals surface area contributed by atoms with Gasteiger partial charge in [0.05, 0.1) is 0 Å². The van der Waals surface area contributed by atoms with Gasteiger partial charge in [0.15, 0.2) is 0 Å². The van der Waals surface area contributed by atoms with Gasteiger partial charge in [0.25, 0.3) is 5.91 Å². The first kappa shape index (κ1) is 19.0. The smallest absolute Gasteiger partial charge is 0.251 e. The van der Waals surface area contributed by atoms with Crippen LogP contribution >= 0.6 is 0 Å². The van der Waals surface area contributed by atoms with Crippen LogP contribution in [0, 0.1) is 0 Å². The van der Waals surface area contributed by atoms with Crippen LogP contribution in [0.25, 0.3) is 0 Å². The minimum atomic E-state index is -0.210. The first-order valence-corrected chi connectivity index (χ1v) is 8.16. The zero-order valence-electron chi connectivity index (χ0n) is 14.8. The normalized spacial score (nSPS) is 9.88. The molecule has 0 unspecified atom stereocenters. The van der Waals surface area contributed by atoms with Crippen LogP contribution < -0.4 is 15.0 Å². The number of ether oxygens (including phenoxy) is 1. The largest absolute Gasteiger partial charge is 0.489 e. The number of rotatable bonds is 8. The summed E-state index contributed by atoms with van der Waals surface area (Å²) < 4.78 is 5.58. The summed E-state index contributed by atoms with van der Waals surface area (Å²) in [6.07, 6.45) is 2.91. The number of carbonyl (C=O) groups excluding carboxylic acids is 2. The Morgan fingerprint density at radius 3 is 2.46 bits per heavy atom. The van der Waals surface area contributed by atoms with Gasteiger partial charge >= 0.3 is 0 Å². The summed E-state index contributed by atoms with van der Waals surface area (Å²) in [7, 11) is 1.65. The lowest BCUT2D eigenvalue weighted by atomic mass is 10.1. The van der Waals surface area contributed by atoms with E-state index in [0.29, 0.717) is 30.2 Å². The third kappa shape index (κ3) is 4.83. The molecule has 0 aliphatic rings. The second-order valence-corrected chi connectivity index (χ2v) is 5.54. The first-order chi connectivity index (χ1) is 12.6. The number of anilines is 1. The van der Waals surface area contributed by atoms with Crippen molar-refractivity contribution in [3.8, 4) is 5.75 Å². The van der Waals surface area contributed by atoms with Gasteiger partial charge in [0.1, 0.15) is 12.4 Å². The van der Waals surface area contributed by atoms with Gasteiger partial charge in [-0.25, -0.2) is 0 Å². The molecule has 5 heteroatoms. The van der Waals surface area contributed by atoms with Crippen LogP contribution in [0.4, 0.5) is 5.69 Å². The van der Waals surface area contributed by atoms with Crippen LogP contribution in [0.15, 0.2) is 73.8 Å². The fraction of sp³-hybridized carbons (Fsp3) is 0.143. The standard InChI is InChI=1S/C21H22N2O3/c1-4-14-26-19-9-7-6-8-17(19)15-22-21(25)16-10-12-18(13-11-16)23(3)20(24)5-2/h4-13H,1-2,14-15H2,3H3,(H,22,25). The third-order valence-corrected chi connectivity index (χ3v) is 3.79. The maximum absolute atomic E-state index is 12.3. The van der Waals surface area contributed by atoms with Gasteiger partial charge < -0.3 is 15.0 Å². The Balaban J connectivity index is 2.01. The third-order valence-electron chi connectivity index (χ3n) is 3.79. The topological polar surface area (TPSA) is 58.6 Å². The van der Waals surface area contributed by atoms with Crippen LogP contribution in [0.5, 0.6) is 5.75 Å². The molecule has 0 radical (unpaired) electrons. The van der Waals surface area contributed by atoms with E-state index in [1.54, 1.807) is 37.4 Å². The van der Waals surface area contributed by atoms with E-state index >= 15 is 0 Å². The number of likely N-dealkylation sites (N-methyl/N-ethyl adjacent to an activating group) is 1. The Morgan fingerprint density at radius 2 is 1.81 bits per heavy atom. The van der Waals surface area contributed by atoms with Crippen molar-refractivity contribution in [2.45, 2.75) is 6.54 Å². The first-order valence-electron chi connectivity index (χ1n) is 8.16. The molecule has 26 heavy (non-hydrogen) atoms. The van der Waals surface area contributed by atoms with Gasteiger partial charge in [-0.15, -0.1) is 0 Å². The molecule has 0 heterocycles. The molecule has 0 aliphatic carbocycles. The maximum Gasteiger partial charge on any atom is 0.251 e. The molecule has 134 valence electrons. The van der Waals surface area contributed by atoms with Crippen molar-refractivity contribution in [2.75, 3.05) is 18.6 Å². The molecule has 1 N–H and O–H groups in total. The highest BCUT2D eigenvalue weighted by atomic mass is 16.5. The summed E-state index contributed by atoms with van der Waals surface area (Å²) in [6, 6.07) is 14.3. The number of hydrogen-bond donors (Lipinski definition) is 1. The monoisotopic (exact) mass is 350 g/mol. The van der Waals surface area contributed by atoms with Crippen molar-refractivity contribution in [1.29, 1.82) is 0 Å². The molecule has 0 spiro atoms. The Kier molecular flexibility index (Phi) is 6.74. The van der Waals surface area contributed by atoms with Crippen molar-refractivity contribution < 1.29 is 14.3 Å². The quantitative estimate of drug-likeness (QED) is 0.587. The average molecular weight is 350 g/mol. The Hall–Kier alpha value is -3.34. The molecule has 2 amide bonds. The minimum absolute atomic E-state index is 0.201. The summed E-state index contributed by atoms with van der Waals surface area (Å²) >= 11 is 0. The van der Waals surface area contributed by atoms with E-state index in [1.165, 1.54) is 11.0 Å². The molecule has 2 rings (SSSR count). The van der Waals surface area contributed by atoms with E-state index in [2.05, 4.69) is 18.5 Å². The zero-order valence-corrected chi connectivity index (χ0v) is 14.8. The molecule has 5 nitrogen and oxygen atoms in total. The number of nitrogens with one attached hydrogen (secondary N) is 1. The van der Waals surface area contributed by atoms with E-state index in [0.717, 1.165) is 5.56 Å². The number of carbonyl (C=O) groups is 2. The maximum atomic E-state index is 12.3. The molecule has 0 aromatic heterocycles. The second kappa shape index (κ2) is 9.22. The number of para-hydroxylation sites is 1. The van der Waals surface area contributed by atoms with Crippen LogP contribution in [0.1, 0.15) is 15.9 Å². The number of hydrogen-bond acceptors (Lipinski definition) is 3. The highest BCUT2D eigenvalue weighted by Gasteiger charge is 2.10. The average Bonchev–Trinajstić information content (AvgIpc) is 2.69. The van der Waals surface area contributed by atoms with Crippen LogP contribution in [0.2, 0.25) is 0 Å². The van der Waals surface area contributed by atoms with E-state index in [-0.39, 0.29) is 11.8 Å². The van der Waals surface area contributed by atoms with Crippen LogP contribution in [-0.2, 0) is 11.3 Å². The van der Waals surface area contributed by atoms with Gasteiger partial charge in [-0.3, -0.25) is 9.59 Å². The van der Waals surface area contributed by atoms with Crippen molar-refractivity contribution in [3.63, 3.8) is 0 Å². The van der Waals surface area contributed by atoms with E-state index < -0.39 is 0 Å². The van der Waals surface area contributed by atoms with Crippen LogP contribution in [0.3, 0.4) is 0 Å². The molecule has 0 atom stereocenters. The molecule has 0 fully saturated rings. The molecule has 2 aromatic rings. The summed E-state index contributed by atoms with van der Waals surface area (Å²) in [6.45, 7) is 7.85. The van der Waals surface area contributed by atoms with Gasteiger partial charge in [0, 0.05) is 30.4 Å². The predicted molar refractivity (Wildman–Crippen MR) is 103 cm³/mol. The Bertz CT molecular complexity index is 797. The lowest BCUT2D eigenvalue weighted by Crippen LogP contribution is -2.25. The van der Waals surface area contributed by atoms with Crippen molar-refractivity contribution in [1.82, 2.24) is 5.32 Å². The van der Waals surface area contributed by atoms with Crippen LogP contribution in [-0.4, -0.2) is 25.5 Å². The van der Waals surface area contributed by atoms with E-state index in [4.69, 9.17) is 4.74 Å². The highest BCUT2D eigenvalue weighted by Crippen LogP contribution is 2.18. The SMILES string of the molecule is C=CCOc1ccccc1CNC(=O)c1ccc(N(C)C(=O)C=C)cc1. The van der Waals surface area contributed by atoms with E-state index in [9.17, 15) is 9.59 Å². The second-order valence-electron chi connectivity index (χ2n) is 5.54. The molecule has 0 aliphatic heterocycles. The highest BCUT2D eigenvalue weighted by molar-refractivity contribution is 6.01. The molecule has 0 saturated carbocycles. The fourth-order valence-electron chi connectivity index (χ4n) is 2.32. The molecular weight excluding hydrogens is 328 g/mol. The van der Waals surface area contributed by atoms with Gasteiger partial charge in [0.2, 0.25) is 5.91 Å². The van der Waals surface area contributed by atoms with Gasteiger partial charge in [-0.1, -0.05) is 37.4 Å². The molecule has 2 aromatic carbocycles. The lowest BCUT2D eigenvalue weighted by Gasteiger charge is -2.15. The lowest BCUT2D eigenvalue weighted by molar-refractivity contribution is -0.113. The van der Waals surface area contributed by atoms with Crippen molar-refractivity contribution >= 4 is 17.5 Å². The summed E-state index contributed by atoms with van der Waals surface area (Å²) in [4.78, 5) is 25.4. The van der Waals surface area contributed by atoms with Crippen molar-refractivity contribution in [3.05, 3.63) is 85.0 Å². The number of nitrogens with zero attached hydrogens (tertiary/aromatic N) is 1. The molecular formula is C21H22N2O3. The summed E-state index contributed by atoms with van der Waals surface area (Å²) in [5, 5.41) is 2.87. The molecule has 0 bridgehead atoms. The number of amides is 2. The Morgan fingerprint density at radius 1 is 1.12 bits per heavy atom. The zero-order chi connectivity index (χ0) is 18.9. The summed E-state index contributed by atoms with van der Waals surface area (Å²) in [5.41, 5.74) is 2.09. The van der Waals surface area contributed by atoms with Gasteiger partial charge in [-0.05, 0) is 36.4 Å². The summed E-state index contributed by atoms with van der Waals surface area (Å²) in [5.74, 6) is 0.304. The predicted octanol–water partition coefficient (Wildman–Crippen LogP) is 3.33. The van der Waals surface area contributed by atoms with Gasteiger partial charge in [-0.2, -0.15) is 0 Å². The number of benzene rings is 2.